The zero-order valence-electron chi connectivity index (χ0n) is 15.1. The summed E-state index contributed by atoms with van der Waals surface area (Å²) in [5, 5.41) is 4.20. The van der Waals surface area contributed by atoms with Crippen molar-refractivity contribution in [3.63, 3.8) is 0 Å². The third-order valence-corrected chi connectivity index (χ3v) is 5.21. The van der Waals surface area contributed by atoms with E-state index in [1.54, 1.807) is 6.07 Å². The lowest BCUT2D eigenvalue weighted by molar-refractivity contribution is -0.121. The van der Waals surface area contributed by atoms with Crippen LogP contribution in [0, 0.1) is 6.92 Å². The zero-order valence-corrected chi connectivity index (χ0v) is 16.6. The number of aryl methyl sites for hydroxylation is 2. The molecule has 1 atom stereocenters. The summed E-state index contributed by atoms with van der Waals surface area (Å²) in [6.07, 6.45) is 0.991. The molecule has 1 N–H and O–H groups in total. The minimum atomic E-state index is -0.173. The Morgan fingerprint density at radius 2 is 1.56 bits per heavy atom. The fraction of sp³-hybridized carbons (Fsp3) is 0.174. The molecular weight excluding hydrogens is 377 g/mol. The molecule has 27 heavy (non-hydrogen) atoms. The van der Waals surface area contributed by atoms with Gasteiger partial charge in [0.15, 0.2) is 0 Å². The van der Waals surface area contributed by atoms with E-state index in [1.165, 1.54) is 5.56 Å². The maximum absolute atomic E-state index is 12.6. The van der Waals surface area contributed by atoms with Crippen molar-refractivity contribution >= 4 is 29.1 Å². The average molecular weight is 398 g/mol. The standard InChI is InChI=1S/C23H21Cl2NO/c1-16-7-11-19(12-8-16)23(18-5-3-2-4-6-18)26-22(27)14-10-17-9-13-20(24)21(25)15-17/h2-9,11-13,15,23H,10,14H2,1H3,(H,26,27)/t23-/m1/s1. The Balaban J connectivity index is 1.72. The highest BCUT2D eigenvalue weighted by Gasteiger charge is 2.16. The molecule has 2 nitrogen and oxygen atoms in total. The molecule has 3 rings (SSSR count). The molecule has 4 heteroatoms. The second-order valence-corrected chi connectivity index (χ2v) is 7.38. The van der Waals surface area contributed by atoms with Crippen LogP contribution in [0.15, 0.2) is 72.8 Å². The van der Waals surface area contributed by atoms with Crippen LogP contribution in [0.3, 0.4) is 0 Å². The molecule has 3 aromatic rings. The molecule has 0 saturated carbocycles. The third kappa shape index (κ3) is 5.35. The van der Waals surface area contributed by atoms with Crippen LogP contribution in [-0.2, 0) is 11.2 Å². The van der Waals surface area contributed by atoms with Crippen LogP contribution in [0.1, 0.15) is 34.7 Å². The Morgan fingerprint density at radius 1 is 0.889 bits per heavy atom. The van der Waals surface area contributed by atoms with Crippen molar-refractivity contribution in [2.75, 3.05) is 0 Å². The molecule has 0 aliphatic heterocycles. The van der Waals surface area contributed by atoms with Gasteiger partial charge in [0.2, 0.25) is 5.91 Å². The zero-order chi connectivity index (χ0) is 19.2. The predicted molar refractivity (Wildman–Crippen MR) is 112 cm³/mol. The first-order chi connectivity index (χ1) is 13.0. The normalized spacial score (nSPS) is 11.8. The van der Waals surface area contributed by atoms with Crippen LogP contribution in [0.5, 0.6) is 0 Å². The van der Waals surface area contributed by atoms with Crippen LogP contribution in [0.4, 0.5) is 0 Å². The molecule has 0 fully saturated rings. The average Bonchev–Trinajstić information content (AvgIpc) is 2.68. The predicted octanol–water partition coefficient (Wildman–Crippen LogP) is 6.14. The van der Waals surface area contributed by atoms with Gasteiger partial charge in [0, 0.05) is 6.42 Å². The summed E-state index contributed by atoms with van der Waals surface area (Å²) < 4.78 is 0. The monoisotopic (exact) mass is 397 g/mol. The summed E-state index contributed by atoms with van der Waals surface area (Å²) in [4.78, 5) is 12.6. The number of hydrogen-bond donors (Lipinski definition) is 1. The van der Waals surface area contributed by atoms with Gasteiger partial charge in [-0.25, -0.2) is 0 Å². The molecule has 0 aromatic heterocycles. The first-order valence-corrected chi connectivity index (χ1v) is 9.63. The van der Waals surface area contributed by atoms with Crippen molar-refractivity contribution in [2.45, 2.75) is 25.8 Å². The molecule has 3 aromatic carbocycles. The van der Waals surface area contributed by atoms with Gasteiger partial charge in [-0.3, -0.25) is 4.79 Å². The van der Waals surface area contributed by atoms with Crippen molar-refractivity contribution in [1.82, 2.24) is 5.32 Å². The van der Waals surface area contributed by atoms with E-state index in [9.17, 15) is 4.79 Å². The lowest BCUT2D eigenvalue weighted by atomic mass is 9.97. The van der Waals surface area contributed by atoms with Crippen molar-refractivity contribution in [3.05, 3.63) is 105 Å². The van der Waals surface area contributed by atoms with Gasteiger partial charge < -0.3 is 5.32 Å². The quantitative estimate of drug-likeness (QED) is 0.531. The van der Waals surface area contributed by atoms with Crippen LogP contribution >= 0.6 is 23.2 Å². The Bertz CT molecular complexity index is 907. The number of halogens is 2. The van der Waals surface area contributed by atoms with E-state index in [-0.39, 0.29) is 11.9 Å². The minimum absolute atomic E-state index is 0.00417. The van der Waals surface area contributed by atoms with Crippen LogP contribution in [-0.4, -0.2) is 5.91 Å². The maximum Gasteiger partial charge on any atom is 0.221 e. The molecule has 0 saturated heterocycles. The van der Waals surface area contributed by atoms with Gasteiger partial charge in [0.25, 0.3) is 0 Å². The van der Waals surface area contributed by atoms with Gasteiger partial charge in [-0.05, 0) is 42.2 Å². The Kier molecular flexibility index (Phi) is 6.54. The Morgan fingerprint density at radius 3 is 2.22 bits per heavy atom. The third-order valence-electron chi connectivity index (χ3n) is 4.47. The summed E-state index contributed by atoms with van der Waals surface area (Å²) >= 11 is 12.0. The molecule has 0 bridgehead atoms. The first-order valence-electron chi connectivity index (χ1n) is 8.88. The summed E-state index contributed by atoms with van der Waals surface area (Å²) in [7, 11) is 0. The number of benzene rings is 3. The van der Waals surface area contributed by atoms with Gasteiger partial charge in [-0.15, -0.1) is 0 Å². The number of carbonyl (C=O) groups excluding carboxylic acids is 1. The fourth-order valence-corrected chi connectivity index (χ4v) is 3.27. The van der Waals surface area contributed by atoms with Crippen molar-refractivity contribution in [2.24, 2.45) is 0 Å². The van der Waals surface area contributed by atoms with Gasteiger partial charge in [0.05, 0.1) is 16.1 Å². The van der Waals surface area contributed by atoms with Crippen molar-refractivity contribution < 1.29 is 4.79 Å². The topological polar surface area (TPSA) is 29.1 Å². The Hall–Kier alpha value is -2.29. The highest BCUT2D eigenvalue weighted by molar-refractivity contribution is 6.42. The summed E-state index contributed by atoms with van der Waals surface area (Å²) in [5.41, 5.74) is 4.31. The lowest BCUT2D eigenvalue weighted by Gasteiger charge is -2.20. The summed E-state index contributed by atoms with van der Waals surface area (Å²) in [6, 6.07) is 23.6. The first kappa shape index (κ1) is 19.5. The number of hydrogen-bond acceptors (Lipinski definition) is 1. The molecule has 0 heterocycles. The largest absolute Gasteiger partial charge is 0.345 e. The van der Waals surface area contributed by atoms with Crippen molar-refractivity contribution in [1.29, 1.82) is 0 Å². The summed E-state index contributed by atoms with van der Waals surface area (Å²) in [6.45, 7) is 2.05. The molecule has 0 aliphatic carbocycles. The maximum atomic E-state index is 12.6. The Labute approximate surface area is 170 Å². The minimum Gasteiger partial charge on any atom is -0.345 e. The molecular formula is C23H21Cl2NO. The van der Waals surface area contributed by atoms with E-state index >= 15 is 0 Å². The molecule has 0 unspecified atom stereocenters. The fourth-order valence-electron chi connectivity index (χ4n) is 2.95. The number of nitrogens with one attached hydrogen (secondary N) is 1. The van der Waals surface area contributed by atoms with Crippen LogP contribution in [0.2, 0.25) is 10.0 Å². The van der Waals surface area contributed by atoms with E-state index in [2.05, 4.69) is 36.5 Å². The number of rotatable bonds is 6. The summed E-state index contributed by atoms with van der Waals surface area (Å²) in [5.74, 6) is -0.00417. The highest BCUT2D eigenvalue weighted by atomic mass is 35.5. The van der Waals surface area contributed by atoms with Gasteiger partial charge in [-0.2, -0.15) is 0 Å². The van der Waals surface area contributed by atoms with E-state index in [0.717, 1.165) is 16.7 Å². The smallest absolute Gasteiger partial charge is 0.221 e. The molecule has 1 amide bonds. The van der Waals surface area contributed by atoms with Crippen LogP contribution in [0.25, 0.3) is 0 Å². The molecule has 0 radical (unpaired) electrons. The molecule has 138 valence electrons. The molecule has 0 aliphatic rings. The SMILES string of the molecule is Cc1ccc([C@H](NC(=O)CCc2ccc(Cl)c(Cl)c2)c2ccccc2)cc1. The van der Waals surface area contributed by atoms with E-state index < -0.39 is 0 Å². The van der Waals surface area contributed by atoms with Gasteiger partial charge in [-0.1, -0.05) is 89.4 Å². The molecule has 0 spiro atoms. The lowest BCUT2D eigenvalue weighted by Crippen LogP contribution is -2.29. The number of amides is 1. The highest BCUT2D eigenvalue weighted by Crippen LogP contribution is 2.24. The second kappa shape index (κ2) is 9.07. The van der Waals surface area contributed by atoms with E-state index in [0.29, 0.717) is 22.9 Å². The van der Waals surface area contributed by atoms with Gasteiger partial charge >= 0.3 is 0 Å². The van der Waals surface area contributed by atoms with Crippen LogP contribution < -0.4 is 5.32 Å². The van der Waals surface area contributed by atoms with Crippen molar-refractivity contribution in [3.8, 4) is 0 Å². The van der Waals surface area contributed by atoms with Gasteiger partial charge in [0.1, 0.15) is 0 Å². The van der Waals surface area contributed by atoms with E-state index in [1.807, 2.05) is 42.5 Å². The van der Waals surface area contributed by atoms with E-state index in [4.69, 9.17) is 23.2 Å². The number of carbonyl (C=O) groups is 1. The second-order valence-electron chi connectivity index (χ2n) is 6.57.